The van der Waals surface area contributed by atoms with Crippen LogP contribution >= 0.6 is 0 Å². The summed E-state index contributed by atoms with van der Waals surface area (Å²) in [5.74, 6) is -1.83. The predicted molar refractivity (Wildman–Crippen MR) is 74.3 cm³/mol. The third-order valence-corrected chi connectivity index (χ3v) is 2.82. The Morgan fingerprint density at radius 3 is 2.45 bits per heavy atom. The summed E-state index contributed by atoms with van der Waals surface area (Å²) in [6.45, 7) is -0.277. The summed E-state index contributed by atoms with van der Waals surface area (Å²) in [5.41, 5.74) is -0.0315. The maximum absolute atomic E-state index is 11.9. The maximum atomic E-state index is 11.9. The number of rotatable bonds is 9. The van der Waals surface area contributed by atoms with Crippen LogP contribution in [0.3, 0.4) is 0 Å². The number of amides is 1. The fourth-order valence-electron chi connectivity index (χ4n) is 1.69. The predicted octanol–water partition coefficient (Wildman–Crippen LogP) is 0.524. The molecule has 9 nitrogen and oxygen atoms in total. The van der Waals surface area contributed by atoms with E-state index in [0.29, 0.717) is 6.42 Å². The number of nitrogens with one attached hydrogen (secondary N) is 1. The Morgan fingerprint density at radius 1 is 1.32 bits per heavy atom. The number of nitrogens with zero attached hydrogens (tertiary/aromatic N) is 1. The second-order valence-corrected chi connectivity index (χ2v) is 4.35. The van der Waals surface area contributed by atoms with Crippen LogP contribution in [0.25, 0.3) is 0 Å². The number of carboxylic acid groups (broad SMARTS) is 1. The molecule has 0 fully saturated rings. The van der Waals surface area contributed by atoms with Gasteiger partial charge in [-0.2, -0.15) is 0 Å². The van der Waals surface area contributed by atoms with Gasteiger partial charge in [0.2, 0.25) is 0 Å². The van der Waals surface area contributed by atoms with Crippen LogP contribution < -0.4 is 5.32 Å². The average Bonchev–Trinajstić information content (AvgIpc) is 2.50. The molecule has 22 heavy (non-hydrogen) atoms. The molecule has 1 aromatic carbocycles. The highest BCUT2D eigenvalue weighted by Gasteiger charge is 2.20. The van der Waals surface area contributed by atoms with Crippen LogP contribution in [0, 0.1) is 10.1 Å². The number of aliphatic hydroxyl groups excluding tert-OH is 1. The Hall–Kier alpha value is -2.52. The summed E-state index contributed by atoms with van der Waals surface area (Å²) >= 11 is 0. The van der Waals surface area contributed by atoms with Gasteiger partial charge in [0.25, 0.3) is 11.6 Å². The van der Waals surface area contributed by atoms with Crippen molar-refractivity contribution < 1.29 is 29.5 Å². The lowest BCUT2D eigenvalue weighted by atomic mass is 10.1. The zero-order valence-corrected chi connectivity index (χ0v) is 11.6. The molecule has 0 aliphatic rings. The number of aliphatic carboxylic acids is 1. The van der Waals surface area contributed by atoms with Gasteiger partial charge in [0.15, 0.2) is 0 Å². The number of hydrogen-bond donors (Lipinski definition) is 3. The molecule has 0 saturated heterocycles. The van der Waals surface area contributed by atoms with Gasteiger partial charge in [0, 0.05) is 24.3 Å². The van der Waals surface area contributed by atoms with Crippen LogP contribution in [0.2, 0.25) is 0 Å². The van der Waals surface area contributed by atoms with Gasteiger partial charge in [-0.15, -0.1) is 0 Å². The lowest BCUT2D eigenvalue weighted by Crippen LogP contribution is -2.40. The minimum Gasteiger partial charge on any atom is -0.480 e. The fourth-order valence-corrected chi connectivity index (χ4v) is 1.69. The lowest BCUT2D eigenvalue weighted by molar-refractivity contribution is -0.384. The van der Waals surface area contributed by atoms with Crippen LogP contribution in [0.1, 0.15) is 23.2 Å². The Morgan fingerprint density at radius 2 is 1.95 bits per heavy atom. The van der Waals surface area contributed by atoms with Gasteiger partial charge >= 0.3 is 5.97 Å². The summed E-state index contributed by atoms with van der Waals surface area (Å²) in [4.78, 5) is 32.9. The molecule has 1 atom stereocenters. The van der Waals surface area contributed by atoms with Crippen LogP contribution in [0.15, 0.2) is 24.3 Å². The van der Waals surface area contributed by atoms with Gasteiger partial charge in [-0.1, -0.05) is 0 Å². The maximum Gasteiger partial charge on any atom is 0.326 e. The zero-order valence-electron chi connectivity index (χ0n) is 11.6. The number of carbonyl (C=O) groups is 2. The molecule has 0 unspecified atom stereocenters. The van der Waals surface area contributed by atoms with Crippen LogP contribution in [-0.2, 0) is 9.53 Å². The van der Waals surface area contributed by atoms with Crippen LogP contribution in [0.4, 0.5) is 5.69 Å². The van der Waals surface area contributed by atoms with Crippen molar-refractivity contribution in [2.24, 2.45) is 0 Å². The number of nitro groups is 1. The number of ether oxygens (including phenoxy) is 1. The van der Waals surface area contributed by atoms with Crippen molar-refractivity contribution in [2.45, 2.75) is 18.9 Å². The summed E-state index contributed by atoms with van der Waals surface area (Å²) in [6.07, 6.45) is 0.478. The zero-order chi connectivity index (χ0) is 16.5. The SMILES string of the molecule is O=C(N[C@@H](CCCOCO)C(=O)O)c1ccc([N+](=O)[O-])cc1. The largest absolute Gasteiger partial charge is 0.480 e. The van der Waals surface area contributed by atoms with Crippen molar-refractivity contribution in [1.82, 2.24) is 5.32 Å². The molecule has 120 valence electrons. The molecule has 1 rings (SSSR count). The minimum absolute atomic E-state index is 0.128. The second-order valence-electron chi connectivity index (χ2n) is 4.35. The molecule has 0 aliphatic carbocycles. The molecular weight excluding hydrogens is 296 g/mol. The fraction of sp³-hybridized carbons (Fsp3) is 0.385. The van der Waals surface area contributed by atoms with Crippen LogP contribution in [-0.4, -0.2) is 46.5 Å². The van der Waals surface area contributed by atoms with E-state index in [1.165, 1.54) is 24.3 Å². The first kappa shape index (κ1) is 17.5. The Balaban J connectivity index is 2.62. The number of nitro benzene ring substituents is 1. The van der Waals surface area contributed by atoms with E-state index in [-0.39, 0.29) is 24.3 Å². The van der Waals surface area contributed by atoms with Gasteiger partial charge in [0.1, 0.15) is 12.8 Å². The first-order valence-corrected chi connectivity index (χ1v) is 6.42. The molecular formula is C13H16N2O7. The van der Waals surface area contributed by atoms with E-state index in [4.69, 9.17) is 10.2 Å². The summed E-state index contributed by atoms with van der Waals surface area (Å²) in [6, 6.07) is 3.73. The standard InChI is InChI=1S/C13H16N2O7/c16-8-22-7-1-2-11(13(18)19)14-12(17)9-3-5-10(6-4-9)15(20)21/h3-6,11,16H,1-2,7-8H2,(H,14,17)(H,18,19)/t11-/m0/s1. The number of carbonyl (C=O) groups excluding carboxylic acids is 1. The van der Waals surface area contributed by atoms with E-state index in [0.717, 1.165) is 0 Å². The van der Waals surface area contributed by atoms with Crippen molar-refractivity contribution >= 4 is 17.6 Å². The number of non-ortho nitro benzene ring substituents is 1. The molecule has 1 amide bonds. The van der Waals surface area contributed by atoms with E-state index in [2.05, 4.69) is 10.1 Å². The quantitative estimate of drug-likeness (QED) is 0.261. The molecule has 0 aromatic heterocycles. The molecule has 0 bridgehead atoms. The van der Waals surface area contributed by atoms with Gasteiger partial charge in [0.05, 0.1) is 4.92 Å². The normalized spacial score (nSPS) is 11.7. The number of aliphatic hydroxyl groups is 1. The summed E-state index contributed by atoms with van der Waals surface area (Å²) in [5, 5.41) is 30.3. The van der Waals surface area contributed by atoms with Crippen molar-refractivity contribution in [1.29, 1.82) is 0 Å². The van der Waals surface area contributed by atoms with Crippen molar-refractivity contribution in [3.05, 3.63) is 39.9 Å². The van der Waals surface area contributed by atoms with Crippen molar-refractivity contribution in [3.8, 4) is 0 Å². The van der Waals surface area contributed by atoms with E-state index in [1.807, 2.05) is 0 Å². The molecule has 3 N–H and O–H groups in total. The molecule has 1 aromatic rings. The third-order valence-electron chi connectivity index (χ3n) is 2.82. The summed E-state index contributed by atoms with van der Waals surface area (Å²) in [7, 11) is 0. The number of carboxylic acids is 1. The van der Waals surface area contributed by atoms with E-state index in [9.17, 15) is 19.7 Å². The molecule has 0 spiro atoms. The highest BCUT2D eigenvalue weighted by molar-refractivity contribution is 5.96. The molecule has 0 saturated carbocycles. The Labute approximate surface area is 125 Å². The van der Waals surface area contributed by atoms with Gasteiger partial charge in [-0.25, -0.2) is 4.79 Å². The summed E-state index contributed by atoms with van der Waals surface area (Å²) < 4.78 is 4.67. The van der Waals surface area contributed by atoms with Crippen LogP contribution in [0.5, 0.6) is 0 Å². The number of hydrogen-bond acceptors (Lipinski definition) is 6. The number of benzene rings is 1. The van der Waals surface area contributed by atoms with E-state index >= 15 is 0 Å². The molecule has 9 heteroatoms. The smallest absolute Gasteiger partial charge is 0.326 e. The monoisotopic (exact) mass is 312 g/mol. The Kier molecular flexibility index (Phi) is 6.93. The topological polar surface area (TPSA) is 139 Å². The van der Waals surface area contributed by atoms with E-state index < -0.39 is 29.6 Å². The lowest BCUT2D eigenvalue weighted by Gasteiger charge is -2.14. The van der Waals surface area contributed by atoms with Gasteiger partial charge in [-0.3, -0.25) is 14.9 Å². The van der Waals surface area contributed by atoms with E-state index in [1.54, 1.807) is 0 Å². The minimum atomic E-state index is -1.20. The van der Waals surface area contributed by atoms with Gasteiger partial charge in [-0.05, 0) is 25.0 Å². The first-order valence-electron chi connectivity index (χ1n) is 6.42. The molecule has 0 heterocycles. The molecule has 0 radical (unpaired) electrons. The molecule has 0 aliphatic heterocycles. The average molecular weight is 312 g/mol. The highest BCUT2D eigenvalue weighted by atomic mass is 16.6. The Bertz CT molecular complexity index is 530. The van der Waals surface area contributed by atoms with Crippen molar-refractivity contribution in [3.63, 3.8) is 0 Å². The first-order chi connectivity index (χ1) is 10.5. The van der Waals surface area contributed by atoms with Gasteiger partial charge < -0.3 is 20.3 Å². The second kappa shape index (κ2) is 8.70. The highest BCUT2D eigenvalue weighted by Crippen LogP contribution is 2.12. The third kappa shape index (κ3) is 5.46. The van der Waals surface area contributed by atoms with Crippen molar-refractivity contribution in [2.75, 3.05) is 13.4 Å².